The SMILES string of the molecule is Cc1cccc(C(O)CN=C(N)NC(C)c2ccc(Cl)cc2Cl)c1.I. The fraction of sp³-hybridized carbons (Fsp3) is 0.278. The van der Waals surface area contributed by atoms with Gasteiger partial charge in [-0.3, -0.25) is 4.99 Å². The zero-order valence-corrected chi connectivity index (χ0v) is 17.9. The molecule has 2 aromatic carbocycles. The van der Waals surface area contributed by atoms with Crippen LogP contribution in [0.1, 0.15) is 35.8 Å². The van der Waals surface area contributed by atoms with E-state index in [0.717, 1.165) is 16.7 Å². The van der Waals surface area contributed by atoms with Crippen LogP contribution in [0.2, 0.25) is 10.0 Å². The average molecular weight is 494 g/mol. The molecule has 7 heteroatoms. The summed E-state index contributed by atoms with van der Waals surface area (Å²) in [6.07, 6.45) is -0.695. The second-order valence-corrected chi connectivity index (χ2v) is 6.53. The number of hydrogen-bond donors (Lipinski definition) is 3. The maximum atomic E-state index is 10.2. The molecule has 0 fully saturated rings. The predicted octanol–water partition coefficient (Wildman–Crippen LogP) is 4.62. The minimum atomic E-state index is -0.695. The van der Waals surface area contributed by atoms with Crippen LogP contribution in [0.25, 0.3) is 0 Å². The van der Waals surface area contributed by atoms with E-state index < -0.39 is 6.10 Å². The first-order chi connectivity index (χ1) is 11.4. The molecule has 0 radical (unpaired) electrons. The summed E-state index contributed by atoms with van der Waals surface area (Å²) in [7, 11) is 0. The Bertz CT molecular complexity index is 740. The van der Waals surface area contributed by atoms with Crippen molar-refractivity contribution in [3.05, 3.63) is 69.2 Å². The molecule has 0 aromatic heterocycles. The van der Waals surface area contributed by atoms with Gasteiger partial charge in [-0.2, -0.15) is 0 Å². The number of guanidine groups is 1. The number of nitrogens with one attached hydrogen (secondary N) is 1. The first kappa shape index (κ1) is 22.0. The Morgan fingerprint density at radius 1 is 1.24 bits per heavy atom. The highest BCUT2D eigenvalue weighted by atomic mass is 127. The Morgan fingerprint density at radius 2 is 1.96 bits per heavy atom. The van der Waals surface area contributed by atoms with Crippen molar-refractivity contribution in [1.29, 1.82) is 0 Å². The van der Waals surface area contributed by atoms with Crippen LogP contribution in [0.5, 0.6) is 0 Å². The number of benzene rings is 2. The summed E-state index contributed by atoms with van der Waals surface area (Å²) in [5.41, 5.74) is 8.69. The highest BCUT2D eigenvalue weighted by molar-refractivity contribution is 14.0. The standard InChI is InChI=1S/C18H21Cl2N3O.HI/c1-11-4-3-5-13(8-11)17(24)10-22-18(21)23-12(2)15-7-6-14(19)9-16(15)20;/h3-9,12,17,24H,10H2,1-2H3,(H3,21,22,23);1H. The monoisotopic (exact) mass is 493 g/mol. The van der Waals surface area contributed by atoms with E-state index in [-0.39, 0.29) is 42.5 Å². The van der Waals surface area contributed by atoms with Crippen LogP contribution in [0.4, 0.5) is 0 Å². The normalized spacial score (nSPS) is 13.7. The minimum absolute atomic E-state index is 0. The number of hydrogen-bond acceptors (Lipinski definition) is 2. The third-order valence-electron chi connectivity index (χ3n) is 3.65. The Morgan fingerprint density at radius 3 is 2.60 bits per heavy atom. The molecule has 2 aromatic rings. The van der Waals surface area contributed by atoms with Crippen molar-refractivity contribution in [3.8, 4) is 0 Å². The molecule has 2 rings (SSSR count). The summed E-state index contributed by atoms with van der Waals surface area (Å²) in [5, 5.41) is 14.4. The summed E-state index contributed by atoms with van der Waals surface area (Å²) >= 11 is 12.1. The molecule has 136 valence electrons. The van der Waals surface area contributed by atoms with Crippen molar-refractivity contribution >= 4 is 53.1 Å². The van der Waals surface area contributed by atoms with Crippen LogP contribution in [-0.2, 0) is 0 Å². The van der Waals surface area contributed by atoms with Gasteiger partial charge in [-0.05, 0) is 37.1 Å². The van der Waals surface area contributed by atoms with Gasteiger partial charge in [0.15, 0.2) is 5.96 Å². The number of nitrogens with two attached hydrogens (primary N) is 1. The summed E-state index contributed by atoms with van der Waals surface area (Å²) in [6.45, 7) is 4.09. The molecule has 0 amide bonds. The van der Waals surface area contributed by atoms with E-state index in [2.05, 4.69) is 10.3 Å². The molecule has 0 aliphatic heterocycles. The molecule has 0 aliphatic carbocycles. The van der Waals surface area contributed by atoms with E-state index >= 15 is 0 Å². The summed E-state index contributed by atoms with van der Waals surface area (Å²) in [6, 6.07) is 12.9. The maximum absolute atomic E-state index is 10.2. The largest absolute Gasteiger partial charge is 0.386 e. The predicted molar refractivity (Wildman–Crippen MR) is 116 cm³/mol. The third kappa shape index (κ3) is 6.66. The Hall–Kier alpha value is -1.02. The lowest BCUT2D eigenvalue weighted by atomic mass is 10.1. The van der Waals surface area contributed by atoms with Crippen LogP contribution in [0.3, 0.4) is 0 Å². The number of aryl methyl sites for hydroxylation is 1. The van der Waals surface area contributed by atoms with Gasteiger partial charge in [-0.25, -0.2) is 0 Å². The van der Waals surface area contributed by atoms with Gasteiger partial charge in [0.2, 0.25) is 0 Å². The van der Waals surface area contributed by atoms with Gasteiger partial charge in [0.1, 0.15) is 0 Å². The lowest BCUT2D eigenvalue weighted by Gasteiger charge is -2.17. The summed E-state index contributed by atoms with van der Waals surface area (Å²) < 4.78 is 0. The van der Waals surface area contributed by atoms with Gasteiger partial charge in [0.25, 0.3) is 0 Å². The van der Waals surface area contributed by atoms with E-state index in [1.807, 2.05) is 44.2 Å². The van der Waals surface area contributed by atoms with Crippen LogP contribution < -0.4 is 11.1 Å². The highest BCUT2D eigenvalue weighted by Crippen LogP contribution is 2.26. The molecular weight excluding hydrogens is 472 g/mol. The fourth-order valence-corrected chi connectivity index (χ4v) is 2.94. The van der Waals surface area contributed by atoms with Gasteiger partial charge in [-0.1, -0.05) is 59.1 Å². The van der Waals surface area contributed by atoms with Crippen LogP contribution >= 0.6 is 47.2 Å². The maximum Gasteiger partial charge on any atom is 0.189 e. The number of aliphatic hydroxyl groups is 1. The number of aliphatic hydroxyl groups excluding tert-OH is 1. The fourth-order valence-electron chi connectivity index (χ4n) is 2.37. The molecule has 4 N–H and O–H groups in total. The topological polar surface area (TPSA) is 70.6 Å². The molecule has 0 heterocycles. The molecule has 0 saturated carbocycles. The molecular formula is C18H22Cl2IN3O. The van der Waals surface area contributed by atoms with E-state index in [9.17, 15) is 5.11 Å². The Balaban J connectivity index is 0.00000312. The molecule has 4 nitrogen and oxygen atoms in total. The minimum Gasteiger partial charge on any atom is -0.386 e. The molecule has 0 spiro atoms. The summed E-state index contributed by atoms with van der Waals surface area (Å²) in [4.78, 5) is 4.21. The van der Waals surface area contributed by atoms with Crippen molar-refractivity contribution < 1.29 is 5.11 Å². The molecule has 0 saturated heterocycles. The van der Waals surface area contributed by atoms with E-state index in [4.69, 9.17) is 28.9 Å². The van der Waals surface area contributed by atoms with E-state index in [1.54, 1.807) is 12.1 Å². The van der Waals surface area contributed by atoms with Crippen molar-refractivity contribution in [2.24, 2.45) is 10.7 Å². The summed E-state index contributed by atoms with van der Waals surface area (Å²) in [5.74, 6) is 0.250. The first-order valence-corrected chi connectivity index (χ1v) is 8.38. The Kier molecular flexibility index (Phi) is 8.99. The van der Waals surface area contributed by atoms with Crippen molar-refractivity contribution in [3.63, 3.8) is 0 Å². The van der Waals surface area contributed by atoms with Crippen LogP contribution in [0, 0.1) is 6.92 Å². The Labute approximate surface area is 175 Å². The van der Waals surface area contributed by atoms with Crippen LogP contribution in [-0.4, -0.2) is 17.6 Å². The number of aliphatic imine (C=N–C) groups is 1. The zero-order valence-electron chi connectivity index (χ0n) is 14.0. The molecule has 2 atom stereocenters. The zero-order chi connectivity index (χ0) is 17.7. The number of rotatable bonds is 5. The quantitative estimate of drug-likeness (QED) is 0.323. The molecule has 0 bridgehead atoms. The van der Waals surface area contributed by atoms with Gasteiger partial charge in [0.05, 0.1) is 18.7 Å². The van der Waals surface area contributed by atoms with Gasteiger partial charge < -0.3 is 16.2 Å². The molecule has 2 unspecified atom stereocenters. The van der Waals surface area contributed by atoms with Crippen molar-refractivity contribution in [2.75, 3.05) is 6.54 Å². The third-order valence-corrected chi connectivity index (χ3v) is 4.22. The van der Waals surface area contributed by atoms with Crippen molar-refractivity contribution in [1.82, 2.24) is 5.32 Å². The van der Waals surface area contributed by atoms with Crippen molar-refractivity contribution in [2.45, 2.75) is 26.0 Å². The molecule has 25 heavy (non-hydrogen) atoms. The number of halogens is 3. The first-order valence-electron chi connectivity index (χ1n) is 7.63. The molecule has 0 aliphatic rings. The number of nitrogens with zero attached hydrogens (tertiary/aromatic N) is 1. The van der Waals surface area contributed by atoms with Gasteiger partial charge in [-0.15, -0.1) is 24.0 Å². The van der Waals surface area contributed by atoms with Gasteiger partial charge in [0, 0.05) is 10.0 Å². The lowest BCUT2D eigenvalue weighted by Crippen LogP contribution is -2.34. The average Bonchev–Trinajstić information content (AvgIpc) is 2.52. The van der Waals surface area contributed by atoms with E-state index in [1.165, 1.54) is 0 Å². The second-order valence-electron chi connectivity index (χ2n) is 5.69. The second kappa shape index (κ2) is 10.2. The smallest absolute Gasteiger partial charge is 0.189 e. The van der Waals surface area contributed by atoms with E-state index in [0.29, 0.717) is 10.0 Å². The van der Waals surface area contributed by atoms with Crippen LogP contribution in [0.15, 0.2) is 47.5 Å². The van der Waals surface area contributed by atoms with Gasteiger partial charge >= 0.3 is 0 Å². The highest BCUT2D eigenvalue weighted by Gasteiger charge is 2.11. The lowest BCUT2D eigenvalue weighted by molar-refractivity contribution is 0.187.